The molecule has 1 heterocycles. The van der Waals surface area contributed by atoms with Crippen LogP contribution in [0, 0.1) is 5.92 Å². The lowest BCUT2D eigenvalue weighted by Gasteiger charge is -2.30. The number of hydrogen-bond donors (Lipinski definition) is 1. The van der Waals surface area contributed by atoms with Gasteiger partial charge in [0.1, 0.15) is 0 Å². The SMILES string of the molecule is CCN(CC)C(CNC(=O)C1CC(=O)N(Cc2ccccc2)C1)c1ccccc1. The van der Waals surface area contributed by atoms with E-state index in [-0.39, 0.29) is 23.8 Å². The van der Waals surface area contributed by atoms with Crippen LogP contribution in [0.1, 0.15) is 37.4 Å². The van der Waals surface area contributed by atoms with Crippen molar-refractivity contribution in [2.24, 2.45) is 5.92 Å². The van der Waals surface area contributed by atoms with E-state index in [1.807, 2.05) is 48.5 Å². The Morgan fingerprint density at radius 1 is 1.07 bits per heavy atom. The van der Waals surface area contributed by atoms with Crippen molar-refractivity contribution >= 4 is 11.8 Å². The van der Waals surface area contributed by atoms with E-state index >= 15 is 0 Å². The molecule has 1 aliphatic rings. The summed E-state index contributed by atoms with van der Waals surface area (Å²) in [5.74, 6) is -0.251. The minimum atomic E-state index is -0.278. The molecule has 3 rings (SSSR count). The fourth-order valence-corrected chi connectivity index (χ4v) is 4.04. The van der Waals surface area contributed by atoms with Crippen LogP contribution in [0.5, 0.6) is 0 Å². The van der Waals surface area contributed by atoms with Gasteiger partial charge in [-0.2, -0.15) is 0 Å². The van der Waals surface area contributed by atoms with Crippen molar-refractivity contribution in [1.29, 1.82) is 0 Å². The standard InChI is InChI=1S/C24H31N3O2/c1-3-26(4-2)22(20-13-9-6-10-14-20)16-25-24(29)21-15-23(28)27(18-21)17-19-11-7-5-8-12-19/h5-14,21-22H,3-4,15-18H2,1-2H3,(H,25,29). The monoisotopic (exact) mass is 393 g/mol. The number of carbonyl (C=O) groups excluding carboxylic acids is 2. The summed E-state index contributed by atoms with van der Waals surface area (Å²) in [6, 6.07) is 20.3. The molecule has 2 amide bonds. The van der Waals surface area contributed by atoms with Crippen molar-refractivity contribution in [3.05, 3.63) is 71.8 Å². The number of hydrogen-bond acceptors (Lipinski definition) is 3. The second-order valence-electron chi connectivity index (χ2n) is 7.55. The van der Waals surface area contributed by atoms with Gasteiger partial charge in [0.25, 0.3) is 0 Å². The Morgan fingerprint density at radius 3 is 2.31 bits per heavy atom. The van der Waals surface area contributed by atoms with Crippen LogP contribution in [0.25, 0.3) is 0 Å². The summed E-state index contributed by atoms with van der Waals surface area (Å²) in [7, 11) is 0. The van der Waals surface area contributed by atoms with Crippen LogP contribution in [0.4, 0.5) is 0 Å². The fraction of sp³-hybridized carbons (Fsp3) is 0.417. The number of benzene rings is 2. The number of nitrogens with zero attached hydrogens (tertiary/aromatic N) is 2. The predicted octanol–water partition coefficient (Wildman–Crippen LogP) is 3.23. The maximum atomic E-state index is 12.8. The zero-order valence-corrected chi connectivity index (χ0v) is 17.4. The smallest absolute Gasteiger partial charge is 0.225 e. The lowest BCUT2D eigenvalue weighted by atomic mass is 10.0. The molecule has 1 fully saturated rings. The molecule has 5 heteroatoms. The van der Waals surface area contributed by atoms with Crippen molar-refractivity contribution in [3.63, 3.8) is 0 Å². The molecule has 1 N–H and O–H groups in total. The number of likely N-dealkylation sites (N-methyl/N-ethyl adjacent to an activating group) is 1. The van der Waals surface area contributed by atoms with Gasteiger partial charge in [0, 0.05) is 26.1 Å². The molecular weight excluding hydrogens is 362 g/mol. The van der Waals surface area contributed by atoms with Crippen LogP contribution in [-0.4, -0.2) is 47.8 Å². The van der Waals surface area contributed by atoms with Gasteiger partial charge < -0.3 is 10.2 Å². The van der Waals surface area contributed by atoms with Gasteiger partial charge in [-0.25, -0.2) is 0 Å². The third-order valence-corrected chi connectivity index (χ3v) is 5.71. The molecular formula is C24H31N3O2. The second kappa shape index (κ2) is 10.2. The molecule has 0 aliphatic carbocycles. The van der Waals surface area contributed by atoms with E-state index in [2.05, 4.69) is 36.2 Å². The lowest BCUT2D eigenvalue weighted by Crippen LogP contribution is -2.40. The van der Waals surface area contributed by atoms with Crippen LogP contribution in [-0.2, 0) is 16.1 Å². The van der Waals surface area contributed by atoms with Crippen LogP contribution in [0.2, 0.25) is 0 Å². The van der Waals surface area contributed by atoms with Crippen LogP contribution < -0.4 is 5.32 Å². The molecule has 1 saturated heterocycles. The number of amides is 2. The molecule has 1 aliphatic heterocycles. The molecule has 2 atom stereocenters. The van der Waals surface area contributed by atoms with Crippen molar-refractivity contribution in [2.75, 3.05) is 26.2 Å². The minimum Gasteiger partial charge on any atom is -0.354 e. The summed E-state index contributed by atoms with van der Waals surface area (Å²) in [5.41, 5.74) is 2.29. The van der Waals surface area contributed by atoms with Crippen LogP contribution >= 0.6 is 0 Å². The maximum Gasteiger partial charge on any atom is 0.225 e. The van der Waals surface area contributed by atoms with Crippen molar-refractivity contribution in [2.45, 2.75) is 32.9 Å². The summed E-state index contributed by atoms with van der Waals surface area (Å²) < 4.78 is 0. The average molecular weight is 394 g/mol. The highest BCUT2D eigenvalue weighted by Gasteiger charge is 2.34. The first kappa shape index (κ1) is 21.1. The Morgan fingerprint density at radius 2 is 1.69 bits per heavy atom. The fourth-order valence-electron chi connectivity index (χ4n) is 4.04. The topological polar surface area (TPSA) is 52.7 Å². The van der Waals surface area contributed by atoms with Gasteiger partial charge in [0.15, 0.2) is 0 Å². The van der Waals surface area contributed by atoms with E-state index in [9.17, 15) is 9.59 Å². The van der Waals surface area contributed by atoms with Gasteiger partial charge >= 0.3 is 0 Å². The number of rotatable bonds is 9. The zero-order valence-electron chi connectivity index (χ0n) is 17.4. The Labute approximate surface area is 173 Å². The van der Waals surface area contributed by atoms with E-state index in [0.717, 1.165) is 18.7 Å². The molecule has 2 aromatic carbocycles. The molecule has 0 aromatic heterocycles. The van der Waals surface area contributed by atoms with Crippen LogP contribution in [0.15, 0.2) is 60.7 Å². The predicted molar refractivity (Wildman–Crippen MR) is 115 cm³/mol. The largest absolute Gasteiger partial charge is 0.354 e. The molecule has 0 bridgehead atoms. The summed E-state index contributed by atoms with van der Waals surface area (Å²) >= 11 is 0. The highest BCUT2D eigenvalue weighted by atomic mass is 16.2. The van der Waals surface area contributed by atoms with Gasteiger partial charge in [0.2, 0.25) is 11.8 Å². The molecule has 0 spiro atoms. The van der Waals surface area contributed by atoms with Crippen molar-refractivity contribution in [3.8, 4) is 0 Å². The quantitative estimate of drug-likeness (QED) is 0.712. The van der Waals surface area contributed by atoms with Crippen molar-refractivity contribution in [1.82, 2.24) is 15.1 Å². The third-order valence-electron chi connectivity index (χ3n) is 5.71. The summed E-state index contributed by atoms with van der Waals surface area (Å²) in [6.07, 6.45) is 0.292. The van der Waals surface area contributed by atoms with Crippen LogP contribution in [0.3, 0.4) is 0 Å². The minimum absolute atomic E-state index is 0.0259. The van der Waals surface area contributed by atoms with Gasteiger partial charge in [-0.05, 0) is 24.2 Å². The first-order valence-electron chi connectivity index (χ1n) is 10.5. The second-order valence-corrected chi connectivity index (χ2v) is 7.55. The van der Waals surface area contributed by atoms with Gasteiger partial charge in [-0.3, -0.25) is 14.5 Å². The number of likely N-dealkylation sites (tertiary alicyclic amines) is 1. The average Bonchev–Trinajstić information content (AvgIpc) is 3.12. The van der Waals surface area contributed by atoms with E-state index in [1.54, 1.807) is 4.90 Å². The molecule has 5 nitrogen and oxygen atoms in total. The third kappa shape index (κ3) is 5.45. The van der Waals surface area contributed by atoms with E-state index in [0.29, 0.717) is 26.1 Å². The zero-order chi connectivity index (χ0) is 20.6. The Hall–Kier alpha value is -2.66. The molecule has 0 radical (unpaired) electrons. The number of nitrogens with one attached hydrogen (secondary N) is 1. The van der Waals surface area contributed by atoms with E-state index in [4.69, 9.17) is 0 Å². The first-order chi connectivity index (χ1) is 14.1. The lowest BCUT2D eigenvalue weighted by molar-refractivity contribution is -0.129. The molecule has 29 heavy (non-hydrogen) atoms. The maximum absolute atomic E-state index is 12.8. The Bertz CT molecular complexity index is 790. The molecule has 2 aromatic rings. The van der Waals surface area contributed by atoms with E-state index < -0.39 is 0 Å². The summed E-state index contributed by atoms with van der Waals surface area (Å²) in [6.45, 7) is 7.71. The number of carbonyl (C=O) groups is 2. The van der Waals surface area contributed by atoms with Crippen molar-refractivity contribution < 1.29 is 9.59 Å². The van der Waals surface area contributed by atoms with Gasteiger partial charge in [-0.15, -0.1) is 0 Å². The summed E-state index contributed by atoms with van der Waals surface area (Å²) in [4.78, 5) is 29.3. The normalized spacial score (nSPS) is 17.6. The highest BCUT2D eigenvalue weighted by molar-refractivity contribution is 5.89. The van der Waals surface area contributed by atoms with Gasteiger partial charge in [0.05, 0.1) is 12.0 Å². The Balaban J connectivity index is 1.59. The summed E-state index contributed by atoms with van der Waals surface area (Å²) in [5, 5.41) is 3.12. The highest BCUT2D eigenvalue weighted by Crippen LogP contribution is 2.22. The first-order valence-corrected chi connectivity index (χ1v) is 10.5. The Kier molecular flexibility index (Phi) is 7.42. The van der Waals surface area contributed by atoms with E-state index in [1.165, 1.54) is 5.56 Å². The van der Waals surface area contributed by atoms with Gasteiger partial charge in [-0.1, -0.05) is 74.5 Å². The molecule has 2 unspecified atom stereocenters. The molecule has 154 valence electrons. The molecule has 0 saturated carbocycles.